The Labute approximate surface area is 116 Å². The minimum atomic E-state index is 0.0990. The number of hydrogen-bond donors (Lipinski definition) is 2. The summed E-state index contributed by atoms with van der Waals surface area (Å²) >= 11 is 0. The maximum Gasteiger partial charge on any atom is 0.0604 e. The van der Waals surface area contributed by atoms with Crippen molar-refractivity contribution >= 4 is 5.69 Å². The topological polar surface area (TPSA) is 35.5 Å². The Morgan fingerprint density at radius 2 is 1.95 bits per heavy atom. The lowest BCUT2D eigenvalue weighted by molar-refractivity contribution is 0.175. The van der Waals surface area contributed by atoms with Crippen molar-refractivity contribution in [3.63, 3.8) is 0 Å². The van der Waals surface area contributed by atoms with Gasteiger partial charge in [-0.05, 0) is 51.6 Å². The second-order valence-corrected chi connectivity index (χ2v) is 5.41. The zero-order valence-electron chi connectivity index (χ0n) is 12.3. The molecule has 3 nitrogen and oxygen atoms in total. The lowest BCUT2D eigenvalue weighted by Crippen LogP contribution is -2.42. The number of aliphatic hydroxyl groups excluding tert-OH is 1. The summed E-state index contributed by atoms with van der Waals surface area (Å²) in [6.45, 7) is 6.85. The lowest BCUT2D eigenvalue weighted by atomic mass is 9.88. The predicted octanol–water partition coefficient (Wildman–Crippen LogP) is 2.53. The standard InChI is InChI=1S/C16H26N2O/c1-5-10-16(2,18(3)4)13-14-6-8-15(9-7-14)17-11-12-19/h5-9,17,19H,1,10-13H2,2-4H3. The molecule has 0 fully saturated rings. The zero-order chi connectivity index (χ0) is 14.3. The van der Waals surface area contributed by atoms with E-state index in [0.29, 0.717) is 6.54 Å². The number of hydrogen-bond acceptors (Lipinski definition) is 3. The molecule has 2 N–H and O–H groups in total. The van der Waals surface area contributed by atoms with Gasteiger partial charge in [0, 0.05) is 17.8 Å². The summed E-state index contributed by atoms with van der Waals surface area (Å²) in [7, 11) is 4.22. The quantitative estimate of drug-likeness (QED) is 0.707. The van der Waals surface area contributed by atoms with Crippen LogP contribution in [0.2, 0.25) is 0 Å². The van der Waals surface area contributed by atoms with Crippen molar-refractivity contribution < 1.29 is 5.11 Å². The van der Waals surface area contributed by atoms with E-state index < -0.39 is 0 Å². The molecule has 0 aromatic heterocycles. The van der Waals surface area contributed by atoms with Gasteiger partial charge in [-0.3, -0.25) is 0 Å². The van der Waals surface area contributed by atoms with Gasteiger partial charge in [0.05, 0.1) is 6.61 Å². The van der Waals surface area contributed by atoms with E-state index in [4.69, 9.17) is 5.11 Å². The maximum absolute atomic E-state index is 8.78. The number of nitrogens with zero attached hydrogens (tertiary/aromatic N) is 1. The fourth-order valence-corrected chi connectivity index (χ4v) is 2.10. The van der Waals surface area contributed by atoms with Crippen LogP contribution in [0.5, 0.6) is 0 Å². The van der Waals surface area contributed by atoms with Crippen molar-refractivity contribution in [2.24, 2.45) is 0 Å². The highest BCUT2D eigenvalue weighted by atomic mass is 16.3. The average Bonchev–Trinajstić information content (AvgIpc) is 2.38. The number of aliphatic hydroxyl groups is 1. The first-order chi connectivity index (χ1) is 9.01. The molecule has 1 unspecified atom stereocenters. The van der Waals surface area contributed by atoms with Crippen LogP contribution in [0.4, 0.5) is 5.69 Å². The molecule has 0 aliphatic carbocycles. The van der Waals surface area contributed by atoms with Gasteiger partial charge in [-0.15, -0.1) is 6.58 Å². The van der Waals surface area contributed by atoms with Crippen LogP contribution in [0.1, 0.15) is 18.9 Å². The van der Waals surface area contributed by atoms with Gasteiger partial charge in [0.15, 0.2) is 0 Å². The van der Waals surface area contributed by atoms with Crippen LogP contribution < -0.4 is 5.32 Å². The fourth-order valence-electron chi connectivity index (χ4n) is 2.10. The third kappa shape index (κ3) is 4.69. The van der Waals surface area contributed by atoms with Crippen LogP contribution in [0, 0.1) is 0 Å². The van der Waals surface area contributed by atoms with Crippen LogP contribution in [-0.4, -0.2) is 42.8 Å². The highest BCUT2D eigenvalue weighted by Crippen LogP contribution is 2.23. The molecule has 0 heterocycles. The molecule has 19 heavy (non-hydrogen) atoms. The number of nitrogens with one attached hydrogen (secondary N) is 1. The third-order valence-corrected chi connectivity index (χ3v) is 3.64. The van der Waals surface area contributed by atoms with Crippen LogP contribution in [0.25, 0.3) is 0 Å². The Bertz CT molecular complexity index is 386. The molecule has 0 saturated heterocycles. The van der Waals surface area contributed by atoms with Crippen LogP contribution in [-0.2, 0) is 6.42 Å². The second kappa shape index (κ2) is 7.31. The monoisotopic (exact) mass is 262 g/mol. The fraction of sp³-hybridized carbons (Fsp3) is 0.500. The molecule has 0 aliphatic heterocycles. The van der Waals surface area contributed by atoms with Gasteiger partial charge in [-0.2, -0.15) is 0 Å². The summed E-state index contributed by atoms with van der Waals surface area (Å²) in [5.41, 5.74) is 2.46. The molecular formula is C16H26N2O. The Hall–Kier alpha value is -1.32. The molecule has 106 valence electrons. The zero-order valence-corrected chi connectivity index (χ0v) is 12.3. The van der Waals surface area contributed by atoms with E-state index in [0.717, 1.165) is 18.5 Å². The van der Waals surface area contributed by atoms with E-state index in [2.05, 4.69) is 62.1 Å². The number of anilines is 1. The van der Waals surface area contributed by atoms with Crippen LogP contribution in [0.3, 0.4) is 0 Å². The first-order valence-electron chi connectivity index (χ1n) is 6.74. The average molecular weight is 262 g/mol. The van der Waals surface area contributed by atoms with Crippen molar-refractivity contribution in [3.05, 3.63) is 42.5 Å². The van der Waals surface area contributed by atoms with Gasteiger partial charge in [0.25, 0.3) is 0 Å². The number of benzene rings is 1. The number of rotatable bonds is 8. The van der Waals surface area contributed by atoms with Gasteiger partial charge < -0.3 is 15.3 Å². The Morgan fingerprint density at radius 3 is 2.42 bits per heavy atom. The molecule has 0 amide bonds. The molecule has 0 radical (unpaired) electrons. The second-order valence-electron chi connectivity index (χ2n) is 5.41. The molecular weight excluding hydrogens is 236 g/mol. The van der Waals surface area contributed by atoms with Gasteiger partial charge in [-0.1, -0.05) is 18.2 Å². The highest BCUT2D eigenvalue weighted by molar-refractivity contribution is 5.44. The van der Waals surface area contributed by atoms with Crippen LogP contribution >= 0.6 is 0 Å². The van der Waals surface area contributed by atoms with E-state index in [9.17, 15) is 0 Å². The van der Waals surface area contributed by atoms with Crippen molar-refractivity contribution in [1.82, 2.24) is 4.90 Å². The molecule has 1 aromatic rings. The SMILES string of the molecule is C=CCC(C)(Cc1ccc(NCCO)cc1)N(C)C. The van der Waals surface area contributed by atoms with Gasteiger partial charge >= 0.3 is 0 Å². The maximum atomic E-state index is 8.78. The first kappa shape index (κ1) is 15.7. The van der Waals surface area contributed by atoms with Gasteiger partial charge in [0.2, 0.25) is 0 Å². The molecule has 0 saturated carbocycles. The summed E-state index contributed by atoms with van der Waals surface area (Å²) in [5.74, 6) is 0. The minimum absolute atomic E-state index is 0.0990. The summed E-state index contributed by atoms with van der Waals surface area (Å²) < 4.78 is 0. The smallest absolute Gasteiger partial charge is 0.0604 e. The Morgan fingerprint density at radius 1 is 1.32 bits per heavy atom. The largest absolute Gasteiger partial charge is 0.395 e. The molecule has 1 aromatic carbocycles. The molecule has 0 spiro atoms. The van der Waals surface area contributed by atoms with E-state index in [1.54, 1.807) is 0 Å². The summed E-state index contributed by atoms with van der Waals surface area (Å²) in [6, 6.07) is 8.42. The van der Waals surface area contributed by atoms with E-state index in [1.807, 2.05) is 6.08 Å². The lowest BCUT2D eigenvalue weighted by Gasteiger charge is -2.36. The predicted molar refractivity (Wildman–Crippen MR) is 82.6 cm³/mol. The molecule has 0 aliphatic rings. The van der Waals surface area contributed by atoms with Crippen molar-refractivity contribution in [2.75, 3.05) is 32.6 Å². The molecule has 1 rings (SSSR count). The minimum Gasteiger partial charge on any atom is -0.395 e. The van der Waals surface area contributed by atoms with Crippen molar-refractivity contribution in [2.45, 2.75) is 25.3 Å². The highest BCUT2D eigenvalue weighted by Gasteiger charge is 2.25. The van der Waals surface area contributed by atoms with E-state index >= 15 is 0 Å². The third-order valence-electron chi connectivity index (χ3n) is 3.64. The Balaban J connectivity index is 2.72. The molecule has 3 heteroatoms. The first-order valence-corrected chi connectivity index (χ1v) is 6.74. The molecule has 1 atom stereocenters. The summed E-state index contributed by atoms with van der Waals surface area (Å²) in [6.07, 6.45) is 3.94. The van der Waals surface area contributed by atoms with Crippen molar-refractivity contribution in [3.8, 4) is 0 Å². The number of likely N-dealkylation sites (N-methyl/N-ethyl adjacent to an activating group) is 1. The summed E-state index contributed by atoms with van der Waals surface area (Å²) in [5, 5.41) is 11.9. The molecule has 0 bridgehead atoms. The van der Waals surface area contributed by atoms with Gasteiger partial charge in [0.1, 0.15) is 0 Å². The summed E-state index contributed by atoms with van der Waals surface area (Å²) in [4.78, 5) is 2.26. The van der Waals surface area contributed by atoms with E-state index in [1.165, 1.54) is 5.56 Å². The van der Waals surface area contributed by atoms with Gasteiger partial charge in [-0.25, -0.2) is 0 Å². The van der Waals surface area contributed by atoms with E-state index in [-0.39, 0.29) is 12.1 Å². The Kier molecular flexibility index (Phi) is 6.06. The van der Waals surface area contributed by atoms with Crippen LogP contribution in [0.15, 0.2) is 36.9 Å². The normalized spacial score (nSPS) is 14.2. The van der Waals surface area contributed by atoms with Crippen molar-refractivity contribution in [1.29, 1.82) is 0 Å².